The number of aromatic carboxylic acids is 2. The van der Waals surface area contributed by atoms with Gasteiger partial charge in [-0.25, -0.2) is 14.1 Å². The number of hydrogen-bond acceptors (Lipinski definition) is 5. The van der Waals surface area contributed by atoms with Crippen LogP contribution in [-0.4, -0.2) is 36.7 Å². The van der Waals surface area contributed by atoms with Gasteiger partial charge in [0.1, 0.15) is 0 Å². The van der Waals surface area contributed by atoms with Crippen LogP contribution in [0.15, 0.2) is 36.4 Å². The Hall–Kier alpha value is -3.42. The Kier molecular flexibility index (Phi) is 2.99. The van der Waals surface area contributed by atoms with E-state index in [0.29, 0.717) is 16.8 Å². The van der Waals surface area contributed by atoms with E-state index in [1.165, 1.54) is 24.3 Å². The number of anilines is 1. The topological polar surface area (TPSA) is 131 Å². The summed E-state index contributed by atoms with van der Waals surface area (Å²) in [5.41, 5.74) is 6.79. The molecule has 8 nitrogen and oxygen atoms in total. The number of carbonyl (C=O) groups is 2. The summed E-state index contributed by atoms with van der Waals surface area (Å²) in [6.07, 6.45) is 0. The van der Waals surface area contributed by atoms with Crippen molar-refractivity contribution in [3.05, 3.63) is 47.7 Å². The third kappa shape index (κ3) is 2.12. The Morgan fingerprint density at radius 1 is 1.00 bits per heavy atom. The summed E-state index contributed by atoms with van der Waals surface area (Å²) >= 11 is 0. The maximum absolute atomic E-state index is 11.6. The largest absolute Gasteiger partial charge is 0.478 e. The van der Waals surface area contributed by atoms with Crippen LogP contribution in [0.5, 0.6) is 0 Å². The van der Waals surface area contributed by atoms with Gasteiger partial charge in [0.2, 0.25) is 5.95 Å². The summed E-state index contributed by atoms with van der Waals surface area (Å²) in [6.45, 7) is 0. The molecule has 0 bridgehead atoms. The number of pyridine rings is 1. The van der Waals surface area contributed by atoms with Crippen molar-refractivity contribution in [1.29, 1.82) is 0 Å². The first kappa shape index (κ1) is 13.6. The fraction of sp³-hybridized carbons (Fsp3) is 0. The summed E-state index contributed by atoms with van der Waals surface area (Å²) in [5.74, 6) is -2.27. The molecule has 0 radical (unpaired) electrons. The Balaban J connectivity index is 2.23. The number of carboxylic acid groups (broad SMARTS) is 2. The Labute approximate surface area is 123 Å². The number of nitrogen functional groups attached to an aromatic ring is 1. The minimum atomic E-state index is -1.19. The highest BCUT2D eigenvalue weighted by Crippen LogP contribution is 2.25. The van der Waals surface area contributed by atoms with Crippen molar-refractivity contribution in [2.24, 2.45) is 0 Å². The third-order valence-electron chi connectivity index (χ3n) is 3.16. The smallest absolute Gasteiger partial charge is 0.355 e. The van der Waals surface area contributed by atoms with Crippen LogP contribution in [0.4, 0.5) is 5.95 Å². The summed E-state index contributed by atoms with van der Waals surface area (Å²) < 4.78 is 1.15. The predicted molar refractivity (Wildman–Crippen MR) is 76.8 cm³/mol. The maximum Gasteiger partial charge on any atom is 0.355 e. The SMILES string of the molecule is Nc1nc2ccc(-c3ccc(C(=O)O)cc3)c(C(=O)O)n2n1. The van der Waals surface area contributed by atoms with Gasteiger partial charge in [-0.2, -0.15) is 4.98 Å². The standard InChI is InChI=1S/C14H10N4O4/c15-14-16-10-6-5-9(11(13(21)22)18(10)17-14)7-1-3-8(4-2-7)12(19)20/h1-6H,(H2,15,17)(H,19,20)(H,21,22). The Morgan fingerprint density at radius 2 is 1.68 bits per heavy atom. The lowest BCUT2D eigenvalue weighted by Gasteiger charge is -2.08. The first-order valence-electron chi connectivity index (χ1n) is 6.19. The normalized spacial score (nSPS) is 10.7. The highest BCUT2D eigenvalue weighted by molar-refractivity contribution is 5.95. The van der Waals surface area contributed by atoms with Crippen molar-refractivity contribution in [3.8, 4) is 11.1 Å². The molecule has 110 valence electrons. The lowest BCUT2D eigenvalue weighted by Crippen LogP contribution is -2.09. The maximum atomic E-state index is 11.6. The van der Waals surface area contributed by atoms with E-state index in [0.717, 1.165) is 4.52 Å². The van der Waals surface area contributed by atoms with Crippen LogP contribution in [0.2, 0.25) is 0 Å². The van der Waals surface area contributed by atoms with Crippen LogP contribution in [-0.2, 0) is 0 Å². The second kappa shape index (κ2) is 4.85. The zero-order valence-electron chi connectivity index (χ0n) is 11.1. The van der Waals surface area contributed by atoms with Crippen molar-refractivity contribution in [2.75, 3.05) is 5.73 Å². The number of rotatable bonds is 3. The average molecular weight is 298 g/mol. The van der Waals surface area contributed by atoms with Crippen molar-refractivity contribution >= 4 is 23.5 Å². The second-order valence-corrected chi connectivity index (χ2v) is 4.52. The molecule has 0 saturated carbocycles. The second-order valence-electron chi connectivity index (χ2n) is 4.52. The van der Waals surface area contributed by atoms with E-state index >= 15 is 0 Å². The van der Waals surface area contributed by atoms with Crippen LogP contribution in [0.3, 0.4) is 0 Å². The van der Waals surface area contributed by atoms with Crippen molar-refractivity contribution in [2.45, 2.75) is 0 Å². The molecular formula is C14H10N4O4. The van der Waals surface area contributed by atoms with E-state index in [4.69, 9.17) is 10.8 Å². The van der Waals surface area contributed by atoms with Gasteiger partial charge in [-0.15, -0.1) is 5.10 Å². The lowest BCUT2D eigenvalue weighted by molar-refractivity contribution is 0.0680. The number of benzene rings is 1. The van der Waals surface area contributed by atoms with Gasteiger partial charge in [-0.1, -0.05) is 12.1 Å². The minimum Gasteiger partial charge on any atom is -0.478 e. The van der Waals surface area contributed by atoms with E-state index in [9.17, 15) is 14.7 Å². The molecule has 1 aromatic carbocycles. The van der Waals surface area contributed by atoms with E-state index < -0.39 is 11.9 Å². The molecular weight excluding hydrogens is 288 g/mol. The van der Waals surface area contributed by atoms with E-state index in [1.807, 2.05) is 0 Å². The zero-order chi connectivity index (χ0) is 15.9. The molecule has 0 fully saturated rings. The van der Waals surface area contributed by atoms with Crippen LogP contribution in [0.1, 0.15) is 20.8 Å². The van der Waals surface area contributed by atoms with E-state index in [1.54, 1.807) is 12.1 Å². The molecule has 0 aliphatic rings. The van der Waals surface area contributed by atoms with Gasteiger partial charge in [-0.3, -0.25) is 0 Å². The van der Waals surface area contributed by atoms with E-state index in [-0.39, 0.29) is 17.2 Å². The third-order valence-corrected chi connectivity index (χ3v) is 3.16. The van der Waals surface area contributed by atoms with Crippen molar-refractivity contribution in [1.82, 2.24) is 14.6 Å². The Morgan fingerprint density at radius 3 is 2.27 bits per heavy atom. The molecule has 3 aromatic rings. The molecule has 0 aliphatic heterocycles. The number of fused-ring (bicyclic) bond motifs is 1. The van der Waals surface area contributed by atoms with Gasteiger partial charge >= 0.3 is 11.9 Å². The van der Waals surface area contributed by atoms with Gasteiger partial charge in [0, 0.05) is 5.56 Å². The summed E-state index contributed by atoms with van der Waals surface area (Å²) in [7, 11) is 0. The average Bonchev–Trinajstić information content (AvgIpc) is 2.86. The van der Waals surface area contributed by atoms with Gasteiger partial charge in [0.25, 0.3) is 0 Å². The molecule has 2 heterocycles. The molecule has 0 aliphatic carbocycles. The fourth-order valence-electron chi connectivity index (χ4n) is 2.20. The van der Waals surface area contributed by atoms with Crippen LogP contribution < -0.4 is 5.73 Å². The summed E-state index contributed by atoms with van der Waals surface area (Å²) in [5, 5.41) is 22.2. The van der Waals surface area contributed by atoms with Crippen LogP contribution >= 0.6 is 0 Å². The number of carboxylic acids is 2. The number of nitrogens with two attached hydrogens (primary N) is 1. The molecule has 2 aromatic heterocycles. The molecule has 0 amide bonds. The van der Waals surface area contributed by atoms with Gasteiger partial charge in [0.15, 0.2) is 11.3 Å². The quantitative estimate of drug-likeness (QED) is 0.665. The number of aromatic nitrogens is 3. The molecule has 8 heteroatoms. The van der Waals surface area contributed by atoms with Crippen molar-refractivity contribution < 1.29 is 19.8 Å². The minimum absolute atomic E-state index is 0.0270. The van der Waals surface area contributed by atoms with Gasteiger partial charge in [-0.05, 0) is 29.8 Å². The molecule has 0 atom stereocenters. The molecule has 0 spiro atoms. The van der Waals surface area contributed by atoms with E-state index in [2.05, 4.69) is 10.1 Å². The van der Waals surface area contributed by atoms with Crippen LogP contribution in [0.25, 0.3) is 16.8 Å². The van der Waals surface area contributed by atoms with Gasteiger partial charge in [0.05, 0.1) is 5.56 Å². The zero-order valence-corrected chi connectivity index (χ0v) is 11.1. The first-order valence-corrected chi connectivity index (χ1v) is 6.19. The fourth-order valence-corrected chi connectivity index (χ4v) is 2.20. The van der Waals surface area contributed by atoms with Crippen molar-refractivity contribution in [3.63, 3.8) is 0 Å². The molecule has 4 N–H and O–H groups in total. The predicted octanol–water partition coefficient (Wildman–Crippen LogP) is 1.37. The molecule has 0 saturated heterocycles. The molecule has 22 heavy (non-hydrogen) atoms. The highest BCUT2D eigenvalue weighted by Gasteiger charge is 2.18. The molecule has 3 rings (SSSR count). The number of nitrogens with zero attached hydrogens (tertiary/aromatic N) is 3. The van der Waals surface area contributed by atoms with Gasteiger partial charge < -0.3 is 15.9 Å². The lowest BCUT2D eigenvalue weighted by atomic mass is 10.0. The monoisotopic (exact) mass is 298 g/mol. The number of hydrogen-bond donors (Lipinski definition) is 3. The first-order chi connectivity index (χ1) is 10.5. The Bertz CT molecular complexity index is 899. The summed E-state index contributed by atoms with van der Waals surface area (Å²) in [4.78, 5) is 26.4. The van der Waals surface area contributed by atoms with Crippen LogP contribution in [0, 0.1) is 0 Å². The molecule has 0 unspecified atom stereocenters. The highest BCUT2D eigenvalue weighted by atomic mass is 16.4. The summed E-state index contributed by atoms with van der Waals surface area (Å²) in [6, 6.07) is 9.07.